The molecule has 1 aliphatic heterocycles. The van der Waals surface area contributed by atoms with E-state index in [0.717, 1.165) is 26.2 Å². The summed E-state index contributed by atoms with van der Waals surface area (Å²) in [5.74, 6) is 0.290. The van der Waals surface area contributed by atoms with Crippen LogP contribution in [0.3, 0.4) is 0 Å². The molecule has 0 spiro atoms. The van der Waals surface area contributed by atoms with Crippen molar-refractivity contribution in [2.45, 2.75) is 44.9 Å². The van der Waals surface area contributed by atoms with Gasteiger partial charge in [0.25, 0.3) is 0 Å². The van der Waals surface area contributed by atoms with Gasteiger partial charge in [0.2, 0.25) is 10.0 Å². The number of rotatable bonds is 6. The highest BCUT2D eigenvalue weighted by Gasteiger charge is 2.19. The molecule has 1 fully saturated rings. The Morgan fingerprint density at radius 3 is 2.62 bits per heavy atom. The molecule has 2 aromatic rings. The first-order chi connectivity index (χ1) is 11.5. The molecular formula is C15H24N6O2S. The lowest BCUT2D eigenvalue weighted by atomic mass is 10.1. The van der Waals surface area contributed by atoms with Gasteiger partial charge < -0.3 is 4.90 Å². The molecule has 0 bridgehead atoms. The van der Waals surface area contributed by atoms with Crippen LogP contribution in [0.5, 0.6) is 0 Å². The van der Waals surface area contributed by atoms with Crippen LogP contribution in [0.2, 0.25) is 0 Å². The molecular weight excluding hydrogens is 328 g/mol. The molecule has 0 amide bonds. The van der Waals surface area contributed by atoms with E-state index in [-0.39, 0.29) is 5.82 Å². The normalized spacial score (nSPS) is 16.8. The number of hydrogen-bond donors (Lipinski definition) is 1. The molecule has 2 aromatic heterocycles. The van der Waals surface area contributed by atoms with Crippen LogP contribution >= 0.6 is 0 Å². The van der Waals surface area contributed by atoms with E-state index in [1.54, 1.807) is 20.0 Å². The lowest BCUT2D eigenvalue weighted by Crippen LogP contribution is -2.32. The van der Waals surface area contributed by atoms with Gasteiger partial charge in [0, 0.05) is 6.54 Å². The summed E-state index contributed by atoms with van der Waals surface area (Å²) in [4.78, 5) is 10.8. The Labute approximate surface area is 142 Å². The Balaban J connectivity index is 1.78. The Kier molecular flexibility index (Phi) is 5.00. The maximum atomic E-state index is 12.1. The fraction of sp³-hybridized carbons (Fsp3) is 0.667. The summed E-state index contributed by atoms with van der Waals surface area (Å²) in [6, 6.07) is 0. The fourth-order valence-electron chi connectivity index (χ4n) is 2.81. The Hall–Kier alpha value is -1.74. The number of anilines is 1. The molecule has 24 heavy (non-hydrogen) atoms. The van der Waals surface area contributed by atoms with E-state index >= 15 is 0 Å². The van der Waals surface area contributed by atoms with Gasteiger partial charge in [0.15, 0.2) is 11.5 Å². The van der Waals surface area contributed by atoms with E-state index in [1.165, 1.54) is 25.6 Å². The molecule has 1 N–H and O–H groups in total. The van der Waals surface area contributed by atoms with Gasteiger partial charge in [-0.05, 0) is 39.8 Å². The van der Waals surface area contributed by atoms with E-state index in [1.807, 2.05) is 4.68 Å². The second-order valence-corrected chi connectivity index (χ2v) is 8.66. The molecule has 1 saturated heterocycles. The largest absolute Gasteiger partial charge is 0.301 e. The smallest absolute Gasteiger partial charge is 0.236 e. The molecule has 1 aliphatic rings. The van der Waals surface area contributed by atoms with E-state index < -0.39 is 15.3 Å². The number of aromatic nitrogens is 4. The maximum Gasteiger partial charge on any atom is 0.236 e. The number of fused-ring (bicyclic) bond motifs is 1. The molecule has 8 nitrogen and oxygen atoms in total. The van der Waals surface area contributed by atoms with Gasteiger partial charge in [-0.3, -0.25) is 4.72 Å². The second kappa shape index (κ2) is 7.02. The molecule has 0 radical (unpaired) electrons. The summed E-state index contributed by atoms with van der Waals surface area (Å²) in [5, 5.41) is 4.46. The lowest BCUT2D eigenvalue weighted by molar-refractivity contribution is 0.219. The predicted octanol–water partition coefficient (Wildman–Crippen LogP) is 1.46. The zero-order chi connectivity index (χ0) is 17.2. The van der Waals surface area contributed by atoms with Gasteiger partial charge in [-0.15, -0.1) is 0 Å². The number of nitrogens with one attached hydrogen (secondary N) is 1. The van der Waals surface area contributed by atoms with E-state index in [4.69, 9.17) is 0 Å². The number of piperidine rings is 1. The quantitative estimate of drug-likeness (QED) is 0.846. The van der Waals surface area contributed by atoms with E-state index in [2.05, 4.69) is 24.7 Å². The average Bonchev–Trinajstić information content (AvgIpc) is 2.98. The van der Waals surface area contributed by atoms with E-state index in [9.17, 15) is 8.42 Å². The van der Waals surface area contributed by atoms with Crippen molar-refractivity contribution in [2.75, 3.05) is 24.4 Å². The topological polar surface area (TPSA) is 93.0 Å². The van der Waals surface area contributed by atoms with Gasteiger partial charge in [0.05, 0.1) is 23.4 Å². The van der Waals surface area contributed by atoms with Crippen molar-refractivity contribution in [3.63, 3.8) is 0 Å². The molecule has 0 aromatic carbocycles. The van der Waals surface area contributed by atoms with Crippen LogP contribution in [0.15, 0.2) is 12.5 Å². The summed E-state index contributed by atoms with van der Waals surface area (Å²) >= 11 is 0. The van der Waals surface area contributed by atoms with Crippen LogP contribution < -0.4 is 4.72 Å². The third kappa shape index (κ3) is 3.67. The molecule has 0 atom stereocenters. The minimum atomic E-state index is -3.45. The van der Waals surface area contributed by atoms with Crippen molar-refractivity contribution in [3.05, 3.63) is 12.5 Å². The van der Waals surface area contributed by atoms with Crippen LogP contribution in [-0.4, -0.2) is 58.0 Å². The highest BCUT2D eigenvalue weighted by atomic mass is 32.2. The Bertz CT molecular complexity index is 795. The summed E-state index contributed by atoms with van der Waals surface area (Å²) in [6.07, 6.45) is 6.82. The first-order valence-electron chi connectivity index (χ1n) is 8.38. The van der Waals surface area contributed by atoms with Crippen LogP contribution in [0.25, 0.3) is 11.0 Å². The number of hydrogen-bond acceptors (Lipinski definition) is 6. The highest BCUT2D eigenvalue weighted by Crippen LogP contribution is 2.20. The predicted molar refractivity (Wildman–Crippen MR) is 93.3 cm³/mol. The van der Waals surface area contributed by atoms with E-state index in [0.29, 0.717) is 11.0 Å². The molecule has 0 aliphatic carbocycles. The van der Waals surface area contributed by atoms with Gasteiger partial charge in [0.1, 0.15) is 6.33 Å². The third-order valence-electron chi connectivity index (χ3n) is 4.37. The van der Waals surface area contributed by atoms with Crippen molar-refractivity contribution in [3.8, 4) is 0 Å². The van der Waals surface area contributed by atoms with Gasteiger partial charge >= 0.3 is 0 Å². The average molecular weight is 352 g/mol. The minimum absolute atomic E-state index is 0.290. The highest BCUT2D eigenvalue weighted by molar-refractivity contribution is 7.93. The maximum absolute atomic E-state index is 12.1. The SMILES string of the molecule is CC(C)S(=O)(=O)Nc1ncnc2c1cnn2CCN1CCCCC1. The molecule has 9 heteroatoms. The minimum Gasteiger partial charge on any atom is -0.301 e. The van der Waals surface area contributed by atoms with Crippen molar-refractivity contribution < 1.29 is 8.42 Å². The summed E-state index contributed by atoms with van der Waals surface area (Å²) in [5.41, 5.74) is 0.656. The fourth-order valence-corrected chi connectivity index (χ4v) is 3.48. The molecule has 3 heterocycles. The van der Waals surface area contributed by atoms with Gasteiger partial charge in [-0.1, -0.05) is 6.42 Å². The van der Waals surface area contributed by atoms with Gasteiger partial charge in [-0.25, -0.2) is 23.1 Å². The first-order valence-corrected chi connectivity index (χ1v) is 9.92. The summed E-state index contributed by atoms with van der Waals surface area (Å²) in [6.45, 7) is 7.18. The van der Waals surface area contributed by atoms with Crippen LogP contribution in [-0.2, 0) is 16.6 Å². The van der Waals surface area contributed by atoms with Crippen molar-refractivity contribution >= 4 is 26.9 Å². The monoisotopic (exact) mass is 352 g/mol. The molecule has 0 saturated carbocycles. The first kappa shape index (κ1) is 17.1. The van der Waals surface area contributed by atoms with Crippen molar-refractivity contribution in [1.29, 1.82) is 0 Å². The number of sulfonamides is 1. The Morgan fingerprint density at radius 2 is 1.92 bits per heavy atom. The zero-order valence-electron chi connectivity index (χ0n) is 14.1. The zero-order valence-corrected chi connectivity index (χ0v) is 15.0. The molecule has 3 rings (SSSR count). The summed E-state index contributed by atoms with van der Waals surface area (Å²) < 4.78 is 28.5. The van der Waals surface area contributed by atoms with Crippen LogP contribution in [0.4, 0.5) is 5.82 Å². The Morgan fingerprint density at radius 1 is 1.17 bits per heavy atom. The van der Waals surface area contributed by atoms with Crippen molar-refractivity contribution in [1.82, 2.24) is 24.6 Å². The molecule has 0 unspecified atom stereocenters. The standard InChI is InChI=1S/C15H24N6O2S/c1-12(2)24(22,23)19-14-13-10-18-21(15(13)17-11-16-14)9-8-20-6-4-3-5-7-20/h10-12H,3-9H2,1-2H3,(H,16,17,19). The van der Waals surface area contributed by atoms with Crippen LogP contribution in [0.1, 0.15) is 33.1 Å². The van der Waals surface area contributed by atoms with Gasteiger partial charge in [-0.2, -0.15) is 5.10 Å². The number of likely N-dealkylation sites (tertiary alicyclic amines) is 1. The lowest BCUT2D eigenvalue weighted by Gasteiger charge is -2.26. The van der Waals surface area contributed by atoms with Crippen LogP contribution in [0, 0.1) is 0 Å². The van der Waals surface area contributed by atoms with Crippen molar-refractivity contribution in [2.24, 2.45) is 0 Å². The second-order valence-electron chi connectivity index (χ2n) is 6.43. The molecule has 132 valence electrons. The number of nitrogens with zero attached hydrogens (tertiary/aromatic N) is 5. The summed E-state index contributed by atoms with van der Waals surface area (Å²) in [7, 11) is -3.45. The third-order valence-corrected chi connectivity index (χ3v) is 6.09.